The molecule has 8 heteroatoms. The lowest BCUT2D eigenvalue weighted by atomic mass is 10.1. The summed E-state index contributed by atoms with van der Waals surface area (Å²) in [5, 5.41) is 3.43. The molecule has 0 spiro atoms. The van der Waals surface area contributed by atoms with Gasteiger partial charge in [-0.25, -0.2) is 14.2 Å². The highest BCUT2D eigenvalue weighted by atomic mass is 35.5. The van der Waals surface area contributed by atoms with Gasteiger partial charge in [-0.2, -0.15) is 0 Å². The molecule has 0 radical (unpaired) electrons. The first kappa shape index (κ1) is 22.5. The van der Waals surface area contributed by atoms with Crippen molar-refractivity contribution < 1.29 is 9.18 Å². The average molecular weight is 465 g/mol. The van der Waals surface area contributed by atoms with Crippen molar-refractivity contribution in [1.82, 2.24) is 14.5 Å². The van der Waals surface area contributed by atoms with E-state index in [1.165, 1.54) is 21.6 Å². The Labute approximate surface area is 195 Å². The van der Waals surface area contributed by atoms with Crippen LogP contribution in [0.1, 0.15) is 24.4 Å². The Bertz CT molecular complexity index is 1400. The van der Waals surface area contributed by atoms with Gasteiger partial charge in [0.1, 0.15) is 11.6 Å². The molecule has 1 N–H and O–H groups in total. The van der Waals surface area contributed by atoms with E-state index >= 15 is 0 Å². The van der Waals surface area contributed by atoms with E-state index in [4.69, 9.17) is 16.6 Å². The van der Waals surface area contributed by atoms with Crippen LogP contribution < -0.4 is 10.9 Å². The number of carbonyl (C=O) groups is 1. The monoisotopic (exact) mass is 464 g/mol. The molecule has 0 bridgehead atoms. The third-order valence-corrected chi connectivity index (χ3v) is 5.78. The minimum atomic E-state index is -0.630. The molecule has 0 saturated heterocycles. The number of halogens is 2. The zero-order valence-corrected chi connectivity index (χ0v) is 19.1. The number of para-hydroxylation sites is 1. The summed E-state index contributed by atoms with van der Waals surface area (Å²) < 4.78 is 15.5. The summed E-state index contributed by atoms with van der Waals surface area (Å²) in [6, 6.07) is 17.1. The largest absolute Gasteiger partial charge is 0.322 e. The van der Waals surface area contributed by atoms with E-state index in [9.17, 15) is 14.0 Å². The molecule has 0 aliphatic carbocycles. The van der Waals surface area contributed by atoms with Gasteiger partial charge in [0.15, 0.2) is 0 Å². The molecule has 4 aromatic rings. The number of aryl methyl sites for hydroxylation is 1. The van der Waals surface area contributed by atoms with Crippen LogP contribution in [0, 0.1) is 12.7 Å². The smallest absolute Gasteiger partial charge is 0.318 e. The normalized spacial score (nSPS) is 11.9. The Balaban J connectivity index is 1.81. The Morgan fingerprint density at radius 3 is 2.52 bits per heavy atom. The predicted octanol–water partition coefficient (Wildman–Crippen LogP) is 5.71. The minimum Gasteiger partial charge on any atom is -0.318 e. The van der Waals surface area contributed by atoms with Crippen LogP contribution >= 0.6 is 11.6 Å². The van der Waals surface area contributed by atoms with Crippen molar-refractivity contribution >= 4 is 34.2 Å². The lowest BCUT2D eigenvalue weighted by Crippen LogP contribution is -2.37. The Hall–Kier alpha value is -3.71. The van der Waals surface area contributed by atoms with E-state index in [-0.39, 0.29) is 11.2 Å². The Morgan fingerprint density at radius 1 is 1.12 bits per heavy atom. The number of amides is 2. The van der Waals surface area contributed by atoms with Crippen molar-refractivity contribution in [3.8, 4) is 5.69 Å². The molecule has 3 aromatic carbocycles. The van der Waals surface area contributed by atoms with Gasteiger partial charge in [-0.15, -0.1) is 0 Å². The highest BCUT2D eigenvalue weighted by Crippen LogP contribution is 2.24. The zero-order chi connectivity index (χ0) is 23.7. The molecular formula is C25H22ClFN4O2. The summed E-state index contributed by atoms with van der Waals surface area (Å²) in [4.78, 5) is 32.5. The predicted molar refractivity (Wildman–Crippen MR) is 129 cm³/mol. The number of urea groups is 1. The van der Waals surface area contributed by atoms with Crippen molar-refractivity contribution in [2.45, 2.75) is 19.9 Å². The van der Waals surface area contributed by atoms with Gasteiger partial charge in [-0.3, -0.25) is 9.36 Å². The number of nitrogens with one attached hydrogen (secondary N) is 1. The van der Waals surface area contributed by atoms with E-state index < -0.39 is 17.9 Å². The summed E-state index contributed by atoms with van der Waals surface area (Å²) in [6.07, 6.45) is 0. The van der Waals surface area contributed by atoms with Crippen LogP contribution in [-0.2, 0) is 0 Å². The molecule has 0 aliphatic rings. The Kier molecular flexibility index (Phi) is 6.16. The molecule has 0 aliphatic heterocycles. The second-order valence-corrected chi connectivity index (χ2v) is 8.24. The van der Waals surface area contributed by atoms with Crippen molar-refractivity contribution in [3.63, 3.8) is 0 Å². The molecule has 4 rings (SSSR count). The van der Waals surface area contributed by atoms with Gasteiger partial charge < -0.3 is 10.2 Å². The zero-order valence-electron chi connectivity index (χ0n) is 18.3. The number of rotatable bonds is 4. The van der Waals surface area contributed by atoms with Gasteiger partial charge in [0.25, 0.3) is 5.56 Å². The van der Waals surface area contributed by atoms with E-state index in [1.807, 2.05) is 31.2 Å². The fourth-order valence-electron chi connectivity index (χ4n) is 3.51. The molecule has 1 atom stereocenters. The highest BCUT2D eigenvalue weighted by molar-refractivity contribution is 6.31. The first-order valence-corrected chi connectivity index (χ1v) is 10.7. The average Bonchev–Trinajstić information content (AvgIpc) is 2.80. The third-order valence-electron chi connectivity index (χ3n) is 5.54. The molecule has 0 saturated carbocycles. The summed E-state index contributed by atoms with van der Waals surface area (Å²) in [5.41, 5.74) is 1.89. The number of benzene rings is 3. The topological polar surface area (TPSA) is 67.2 Å². The van der Waals surface area contributed by atoms with E-state index in [0.29, 0.717) is 27.4 Å². The fraction of sp³-hybridized carbons (Fsp3) is 0.160. The first-order valence-electron chi connectivity index (χ1n) is 10.3. The number of nitrogens with zero attached hydrogens (tertiary/aromatic N) is 3. The van der Waals surface area contributed by atoms with Crippen molar-refractivity contribution in [1.29, 1.82) is 0 Å². The van der Waals surface area contributed by atoms with Crippen LogP contribution in [0.2, 0.25) is 5.02 Å². The van der Waals surface area contributed by atoms with Gasteiger partial charge in [0.05, 0.1) is 28.3 Å². The van der Waals surface area contributed by atoms with Gasteiger partial charge in [-0.05, 0) is 56.3 Å². The lowest BCUT2D eigenvalue weighted by molar-refractivity contribution is 0.205. The van der Waals surface area contributed by atoms with Gasteiger partial charge in [0, 0.05) is 12.1 Å². The van der Waals surface area contributed by atoms with Crippen molar-refractivity contribution in [2.75, 3.05) is 12.4 Å². The van der Waals surface area contributed by atoms with E-state index in [2.05, 4.69) is 5.32 Å². The van der Waals surface area contributed by atoms with Crippen LogP contribution in [0.5, 0.6) is 0 Å². The number of fused-ring (bicyclic) bond motifs is 1. The van der Waals surface area contributed by atoms with Crippen molar-refractivity contribution in [2.24, 2.45) is 0 Å². The summed E-state index contributed by atoms with van der Waals surface area (Å²) in [7, 11) is 1.56. The molecule has 33 heavy (non-hydrogen) atoms. The van der Waals surface area contributed by atoms with Gasteiger partial charge in [-0.1, -0.05) is 41.4 Å². The second kappa shape index (κ2) is 9.03. The minimum absolute atomic E-state index is 0.0655. The molecule has 1 unspecified atom stereocenters. The summed E-state index contributed by atoms with van der Waals surface area (Å²) in [5.74, 6) is -0.188. The summed E-state index contributed by atoms with van der Waals surface area (Å²) >= 11 is 6.14. The van der Waals surface area contributed by atoms with E-state index in [1.54, 1.807) is 44.3 Å². The maximum Gasteiger partial charge on any atom is 0.322 e. The second-order valence-electron chi connectivity index (χ2n) is 7.80. The molecular weight excluding hydrogens is 443 g/mol. The molecule has 1 heterocycles. The van der Waals surface area contributed by atoms with Crippen LogP contribution in [-0.4, -0.2) is 27.5 Å². The molecule has 2 amide bonds. The standard InChI is InChI=1S/C25H22ClFN4O2/c1-15-8-11-18(12-9-15)31-23(28-22-14-17(26)10-13-19(22)24(31)32)16(2)30(3)25(33)29-21-7-5-4-6-20(21)27/h4-14,16H,1-3H3,(H,29,33). The van der Waals surface area contributed by atoms with Crippen LogP contribution in [0.4, 0.5) is 14.9 Å². The number of hydrogen-bond donors (Lipinski definition) is 1. The van der Waals surface area contributed by atoms with Gasteiger partial charge in [0.2, 0.25) is 0 Å². The quantitative estimate of drug-likeness (QED) is 0.420. The number of anilines is 1. The number of aromatic nitrogens is 2. The number of carbonyl (C=O) groups excluding carboxylic acids is 1. The first-order chi connectivity index (χ1) is 15.8. The fourth-order valence-corrected chi connectivity index (χ4v) is 3.68. The van der Waals surface area contributed by atoms with Crippen LogP contribution in [0.25, 0.3) is 16.6 Å². The molecule has 168 valence electrons. The molecule has 0 fully saturated rings. The van der Waals surface area contributed by atoms with Crippen molar-refractivity contribution in [3.05, 3.63) is 99.3 Å². The molecule has 1 aromatic heterocycles. The van der Waals surface area contributed by atoms with Crippen LogP contribution in [0.3, 0.4) is 0 Å². The van der Waals surface area contributed by atoms with E-state index in [0.717, 1.165) is 5.56 Å². The maximum absolute atomic E-state index is 14.0. The SMILES string of the molecule is Cc1ccc(-n2c(C(C)N(C)C(=O)Nc3ccccc3F)nc3cc(Cl)ccc3c2=O)cc1. The number of hydrogen-bond acceptors (Lipinski definition) is 3. The third kappa shape index (κ3) is 4.45. The lowest BCUT2D eigenvalue weighted by Gasteiger charge is -2.27. The van der Waals surface area contributed by atoms with Crippen LogP contribution in [0.15, 0.2) is 71.5 Å². The Morgan fingerprint density at radius 2 is 1.82 bits per heavy atom. The highest BCUT2D eigenvalue weighted by Gasteiger charge is 2.25. The molecule has 6 nitrogen and oxygen atoms in total. The van der Waals surface area contributed by atoms with Gasteiger partial charge >= 0.3 is 6.03 Å². The summed E-state index contributed by atoms with van der Waals surface area (Å²) in [6.45, 7) is 3.71. The maximum atomic E-state index is 14.0.